The van der Waals surface area contributed by atoms with E-state index in [1.165, 1.54) is 11.8 Å². The number of nitrogens with zero attached hydrogens (tertiary/aromatic N) is 3. The van der Waals surface area contributed by atoms with Crippen molar-refractivity contribution in [2.45, 2.75) is 129 Å². The van der Waals surface area contributed by atoms with Crippen LogP contribution in [0.5, 0.6) is 0 Å². The average molecular weight is 926 g/mol. The van der Waals surface area contributed by atoms with E-state index in [9.17, 15) is 63.7 Å². The zero-order valence-corrected chi connectivity index (χ0v) is 38.0. The Morgan fingerprint density at radius 1 is 0.818 bits per heavy atom. The van der Waals surface area contributed by atoms with Crippen LogP contribution >= 0.6 is 0 Å². The van der Waals surface area contributed by atoms with Gasteiger partial charge in [0.05, 0.1) is 19.1 Å². The molecular formula is C45H63N7O14. The number of rotatable bonds is 24. The van der Waals surface area contributed by atoms with E-state index in [0.717, 1.165) is 17.5 Å². The minimum atomic E-state index is -1.82. The van der Waals surface area contributed by atoms with Crippen molar-refractivity contribution in [3.63, 3.8) is 0 Å². The standard InChI is InChI=1S/C45H63N7O14/c1-7-21-51(45(64)39(58)30-17-13-10-14-18-30)49-41(60)34-22-31(66-25-29-15-11-9-12-16-29)24-50(34)44(63)37(26(3)4)48-42(61)38(27(5)8-2)52(65)43(62)32(19-20-35(54)55)47-40(59)33(23-36(56)57)46-28(6)53/h9-18,26-27,31-34,37-39,58,65H,7-8,19-25H2,1-6H3,(H,46,53)(H,47,59)(H,48,61)(H,49,60)(H,54,55)(H,56,57)/t27-,31+,32+,33-,34-,37-,38-,39+/m0/s1. The number of likely N-dealkylation sites (tertiary alicyclic amines) is 1. The molecule has 1 aliphatic rings. The first-order valence-corrected chi connectivity index (χ1v) is 21.8. The van der Waals surface area contributed by atoms with Gasteiger partial charge in [-0.1, -0.05) is 102 Å². The number of hydrazine groups is 1. The highest BCUT2D eigenvalue weighted by molar-refractivity contribution is 5.97. The molecule has 2 aromatic carbocycles. The molecule has 21 nitrogen and oxygen atoms in total. The second-order valence-corrected chi connectivity index (χ2v) is 16.5. The molecule has 7 amide bonds. The van der Waals surface area contributed by atoms with E-state index in [1.54, 1.807) is 58.0 Å². The van der Waals surface area contributed by atoms with Gasteiger partial charge < -0.3 is 40.9 Å². The highest BCUT2D eigenvalue weighted by Gasteiger charge is 2.46. The Hall–Kier alpha value is -6.45. The minimum absolute atomic E-state index is 0.0141. The third kappa shape index (κ3) is 15.6. The second-order valence-electron chi connectivity index (χ2n) is 16.5. The van der Waals surface area contributed by atoms with Gasteiger partial charge in [0, 0.05) is 32.9 Å². The highest BCUT2D eigenvalue weighted by Crippen LogP contribution is 2.26. The Morgan fingerprint density at radius 3 is 1.98 bits per heavy atom. The Morgan fingerprint density at radius 2 is 1.44 bits per heavy atom. The van der Waals surface area contributed by atoms with Gasteiger partial charge in [0.15, 0.2) is 6.10 Å². The normalized spacial score (nSPS) is 17.3. The number of carboxylic acid groups (broad SMARTS) is 2. The third-order valence-electron chi connectivity index (χ3n) is 11.0. The summed E-state index contributed by atoms with van der Waals surface area (Å²) in [6.45, 7) is 9.21. The van der Waals surface area contributed by atoms with Crippen LogP contribution in [0.1, 0.15) is 97.3 Å². The van der Waals surface area contributed by atoms with Crippen LogP contribution in [-0.2, 0) is 54.5 Å². The molecule has 1 fully saturated rings. The summed E-state index contributed by atoms with van der Waals surface area (Å²) in [6.07, 6.45) is -3.99. The van der Waals surface area contributed by atoms with Crippen molar-refractivity contribution >= 4 is 53.3 Å². The van der Waals surface area contributed by atoms with E-state index in [-0.39, 0.29) is 37.6 Å². The maximum absolute atomic E-state index is 14.7. The molecule has 362 valence electrons. The summed E-state index contributed by atoms with van der Waals surface area (Å²) < 4.78 is 6.17. The molecular weight excluding hydrogens is 863 g/mol. The number of amides is 7. The first kappa shape index (κ1) is 53.9. The van der Waals surface area contributed by atoms with Gasteiger partial charge in [-0.05, 0) is 35.8 Å². The number of carbonyl (C=O) groups excluding carboxylic acids is 7. The molecule has 1 saturated heterocycles. The van der Waals surface area contributed by atoms with Gasteiger partial charge in [0.1, 0.15) is 30.2 Å². The molecule has 0 aliphatic carbocycles. The SMILES string of the molecule is CCCN(NC(=O)[C@@H]1C[C@@H](OCc2ccccc2)CN1C(=O)[C@@H](NC(=O)[C@H]([C@@H](C)CC)N(O)C(=O)[C@@H](CCC(=O)O)NC(=O)[C@H](CC(=O)O)NC(C)=O)C(C)C)C(=O)[C@H](O)c1ccccc1. The summed E-state index contributed by atoms with van der Waals surface area (Å²) in [5.41, 5.74) is 3.71. The monoisotopic (exact) mass is 925 g/mol. The number of hydrogen-bond acceptors (Lipinski definition) is 12. The lowest BCUT2D eigenvalue weighted by Gasteiger charge is -2.35. The van der Waals surface area contributed by atoms with Crippen molar-refractivity contribution in [2.75, 3.05) is 13.1 Å². The molecule has 0 bridgehead atoms. The topological polar surface area (TPSA) is 302 Å². The van der Waals surface area contributed by atoms with Crippen LogP contribution in [-0.4, -0.2) is 138 Å². The Kier molecular flexibility index (Phi) is 21.1. The predicted molar refractivity (Wildman–Crippen MR) is 234 cm³/mol. The molecule has 3 rings (SSSR count). The molecule has 66 heavy (non-hydrogen) atoms. The Bertz CT molecular complexity index is 1990. The number of carbonyl (C=O) groups is 9. The molecule has 1 aliphatic heterocycles. The molecule has 2 aromatic rings. The zero-order valence-electron chi connectivity index (χ0n) is 38.0. The fraction of sp³-hybridized carbons (Fsp3) is 0.533. The summed E-state index contributed by atoms with van der Waals surface area (Å²) >= 11 is 0. The van der Waals surface area contributed by atoms with Crippen LogP contribution in [0.2, 0.25) is 0 Å². The third-order valence-corrected chi connectivity index (χ3v) is 11.0. The van der Waals surface area contributed by atoms with Crippen molar-refractivity contribution in [3.05, 3.63) is 71.8 Å². The molecule has 0 aromatic heterocycles. The van der Waals surface area contributed by atoms with Gasteiger partial charge >= 0.3 is 11.9 Å². The lowest BCUT2D eigenvalue weighted by molar-refractivity contribution is -0.187. The Balaban J connectivity index is 1.95. The smallest absolute Gasteiger partial charge is 0.305 e. The number of nitrogens with one attached hydrogen (secondary N) is 4. The minimum Gasteiger partial charge on any atom is -0.481 e. The maximum atomic E-state index is 14.7. The van der Waals surface area contributed by atoms with Crippen LogP contribution in [0.25, 0.3) is 0 Å². The van der Waals surface area contributed by atoms with Crippen molar-refractivity contribution in [1.29, 1.82) is 0 Å². The van der Waals surface area contributed by atoms with E-state index >= 15 is 0 Å². The van der Waals surface area contributed by atoms with Crippen LogP contribution < -0.4 is 21.4 Å². The van der Waals surface area contributed by atoms with E-state index in [4.69, 9.17) is 4.74 Å². The van der Waals surface area contributed by atoms with E-state index in [2.05, 4.69) is 21.4 Å². The van der Waals surface area contributed by atoms with Crippen molar-refractivity contribution in [3.8, 4) is 0 Å². The van der Waals surface area contributed by atoms with Gasteiger partial charge in [-0.15, -0.1) is 0 Å². The summed E-state index contributed by atoms with van der Waals surface area (Å²) in [6, 6.07) is 9.40. The molecule has 0 saturated carbocycles. The van der Waals surface area contributed by atoms with Crippen LogP contribution in [0.3, 0.4) is 0 Å². The van der Waals surface area contributed by atoms with Crippen LogP contribution in [0.4, 0.5) is 0 Å². The van der Waals surface area contributed by atoms with Crippen molar-refractivity contribution in [1.82, 2.24) is 36.3 Å². The van der Waals surface area contributed by atoms with Crippen molar-refractivity contribution in [2.24, 2.45) is 11.8 Å². The number of aliphatic carboxylic acids is 2. The highest BCUT2D eigenvalue weighted by atomic mass is 16.5. The zero-order chi connectivity index (χ0) is 49.2. The number of carboxylic acids is 2. The fourth-order valence-electron chi connectivity index (χ4n) is 7.26. The van der Waals surface area contributed by atoms with Gasteiger partial charge in [0.2, 0.25) is 23.6 Å². The summed E-state index contributed by atoms with van der Waals surface area (Å²) in [5.74, 6) is -11.0. The summed E-state index contributed by atoms with van der Waals surface area (Å²) in [4.78, 5) is 120. The average Bonchev–Trinajstić information content (AvgIpc) is 3.72. The van der Waals surface area contributed by atoms with E-state index < -0.39 is 127 Å². The first-order valence-electron chi connectivity index (χ1n) is 21.8. The molecule has 21 heteroatoms. The molecule has 0 spiro atoms. The maximum Gasteiger partial charge on any atom is 0.305 e. The number of aliphatic hydroxyl groups is 1. The molecule has 1 heterocycles. The fourth-order valence-corrected chi connectivity index (χ4v) is 7.26. The number of benzene rings is 2. The van der Waals surface area contributed by atoms with E-state index in [1.807, 2.05) is 30.3 Å². The number of hydrogen-bond donors (Lipinski definition) is 8. The molecule has 8 atom stereocenters. The first-order chi connectivity index (χ1) is 31.2. The summed E-state index contributed by atoms with van der Waals surface area (Å²) in [7, 11) is 0. The van der Waals surface area contributed by atoms with Gasteiger partial charge in [0.25, 0.3) is 17.7 Å². The summed E-state index contributed by atoms with van der Waals surface area (Å²) in [5, 5.41) is 49.1. The second kappa shape index (κ2) is 25.9. The van der Waals surface area contributed by atoms with Gasteiger partial charge in [-0.3, -0.25) is 58.8 Å². The van der Waals surface area contributed by atoms with Gasteiger partial charge in [-0.25, -0.2) is 5.06 Å². The van der Waals surface area contributed by atoms with Crippen LogP contribution in [0.15, 0.2) is 60.7 Å². The lowest BCUT2D eigenvalue weighted by Crippen LogP contribution is -2.62. The van der Waals surface area contributed by atoms with Crippen molar-refractivity contribution < 1.29 is 68.4 Å². The van der Waals surface area contributed by atoms with Gasteiger partial charge in [-0.2, -0.15) is 0 Å². The molecule has 0 radical (unpaired) electrons. The number of ether oxygens (including phenoxy) is 1. The number of aliphatic hydroxyl groups excluding tert-OH is 1. The predicted octanol–water partition coefficient (Wildman–Crippen LogP) is 1.28. The largest absolute Gasteiger partial charge is 0.481 e. The Labute approximate surface area is 383 Å². The molecule has 8 N–H and O–H groups in total. The van der Waals surface area contributed by atoms with E-state index in [0.29, 0.717) is 12.0 Å². The lowest BCUT2D eigenvalue weighted by atomic mass is 9.95. The quantitative estimate of drug-likeness (QED) is 0.0544. The number of hydroxylamine groups is 2. The van der Waals surface area contributed by atoms with Crippen LogP contribution in [0, 0.1) is 11.8 Å². The molecule has 0 unspecified atom stereocenters.